The van der Waals surface area contributed by atoms with E-state index in [0.717, 1.165) is 23.5 Å². The number of halogens is 2. The molecular weight excluding hydrogens is 457 g/mol. The van der Waals surface area contributed by atoms with Crippen molar-refractivity contribution in [3.8, 4) is 0 Å². The average Bonchev–Trinajstić information content (AvgIpc) is 2.83. The molecule has 1 aliphatic rings. The molecule has 0 radical (unpaired) electrons. The van der Waals surface area contributed by atoms with Gasteiger partial charge in [-0.15, -0.1) is 0 Å². The van der Waals surface area contributed by atoms with Crippen molar-refractivity contribution in [2.75, 3.05) is 18.4 Å². The van der Waals surface area contributed by atoms with Gasteiger partial charge in [-0.25, -0.2) is 29.1 Å². The van der Waals surface area contributed by atoms with Gasteiger partial charge in [-0.3, -0.25) is 0 Å². The fraction of sp³-hybridized carbons (Fsp3) is 0.375. The molecule has 3 heterocycles. The number of urea groups is 1. The normalized spacial score (nSPS) is 14.0. The minimum Gasteiger partial charge on any atom is -0.352 e. The number of anilines is 1. The number of carbonyl (C=O) groups is 1. The lowest BCUT2D eigenvalue weighted by Crippen LogP contribution is -2.45. The highest BCUT2D eigenvalue weighted by atomic mass is 35.5. The Morgan fingerprint density at radius 1 is 1.24 bits per heavy atom. The smallest absolute Gasteiger partial charge is 0.318 e. The molecule has 1 aliphatic heterocycles. The van der Waals surface area contributed by atoms with Gasteiger partial charge in [0.2, 0.25) is 5.95 Å². The van der Waals surface area contributed by atoms with Crippen LogP contribution >= 0.6 is 11.6 Å². The van der Waals surface area contributed by atoms with Gasteiger partial charge in [0.05, 0.1) is 23.3 Å². The molecule has 8 nitrogen and oxygen atoms in total. The highest BCUT2D eigenvalue weighted by Crippen LogP contribution is 2.23. The van der Waals surface area contributed by atoms with Crippen molar-refractivity contribution in [1.29, 1.82) is 0 Å². The molecule has 0 unspecified atom stereocenters. The lowest BCUT2D eigenvalue weighted by molar-refractivity contribution is 0.187. The summed E-state index contributed by atoms with van der Waals surface area (Å²) in [5.74, 6) is 1.16. The summed E-state index contributed by atoms with van der Waals surface area (Å²) in [6.45, 7) is 5.50. The zero-order chi connectivity index (χ0) is 24.1. The van der Waals surface area contributed by atoms with Crippen LogP contribution in [0.5, 0.6) is 0 Å². The van der Waals surface area contributed by atoms with Crippen LogP contribution in [0.15, 0.2) is 42.9 Å². The first kappa shape index (κ1) is 23.8. The lowest BCUT2D eigenvalue weighted by atomic mass is 10.1. The van der Waals surface area contributed by atoms with Crippen molar-refractivity contribution in [3.63, 3.8) is 0 Å². The summed E-state index contributed by atoms with van der Waals surface area (Å²) >= 11 is 6.01. The van der Waals surface area contributed by atoms with Crippen molar-refractivity contribution in [3.05, 3.63) is 76.3 Å². The van der Waals surface area contributed by atoms with Crippen LogP contribution in [0.4, 0.5) is 15.1 Å². The van der Waals surface area contributed by atoms with Crippen molar-refractivity contribution in [2.24, 2.45) is 5.92 Å². The number of nitrogens with one attached hydrogen (secondary N) is 2. The van der Waals surface area contributed by atoms with Crippen LogP contribution < -0.4 is 10.6 Å². The molecule has 10 heteroatoms. The van der Waals surface area contributed by atoms with E-state index in [0.29, 0.717) is 43.5 Å². The maximum absolute atomic E-state index is 13.7. The quantitative estimate of drug-likeness (QED) is 0.523. The van der Waals surface area contributed by atoms with Gasteiger partial charge in [0, 0.05) is 38.1 Å². The summed E-state index contributed by atoms with van der Waals surface area (Å²) in [6.07, 6.45) is 6.60. The molecule has 1 aromatic carbocycles. The Balaban J connectivity index is 1.49. The summed E-state index contributed by atoms with van der Waals surface area (Å²) in [5, 5.41) is 6.15. The van der Waals surface area contributed by atoms with Crippen LogP contribution in [-0.2, 0) is 19.4 Å². The summed E-state index contributed by atoms with van der Waals surface area (Å²) < 4.78 is 13.7. The number of amides is 2. The number of fused-ring (bicyclic) bond motifs is 1. The second-order valence-corrected chi connectivity index (χ2v) is 9.06. The molecule has 34 heavy (non-hydrogen) atoms. The minimum atomic E-state index is -0.514. The Hall–Kier alpha value is -3.33. The predicted molar refractivity (Wildman–Crippen MR) is 128 cm³/mol. The van der Waals surface area contributed by atoms with E-state index in [-0.39, 0.29) is 11.1 Å². The molecule has 0 fully saturated rings. The maximum atomic E-state index is 13.7. The van der Waals surface area contributed by atoms with Gasteiger partial charge in [-0.05, 0) is 41.7 Å². The van der Waals surface area contributed by atoms with Crippen LogP contribution in [0.3, 0.4) is 0 Å². The van der Waals surface area contributed by atoms with Crippen LogP contribution in [0.25, 0.3) is 0 Å². The summed E-state index contributed by atoms with van der Waals surface area (Å²) in [4.78, 5) is 32.4. The summed E-state index contributed by atoms with van der Waals surface area (Å²) in [5.41, 5.74) is 2.62. The highest BCUT2D eigenvalue weighted by molar-refractivity contribution is 6.30. The maximum Gasteiger partial charge on any atom is 0.318 e. The van der Waals surface area contributed by atoms with E-state index in [4.69, 9.17) is 16.6 Å². The summed E-state index contributed by atoms with van der Waals surface area (Å²) in [7, 11) is 0. The Morgan fingerprint density at radius 2 is 2.03 bits per heavy atom. The van der Waals surface area contributed by atoms with Gasteiger partial charge in [0.25, 0.3) is 0 Å². The van der Waals surface area contributed by atoms with Crippen molar-refractivity contribution in [1.82, 2.24) is 30.2 Å². The van der Waals surface area contributed by atoms with Crippen LogP contribution in [-0.4, -0.2) is 44.0 Å². The number of rotatable bonds is 7. The molecule has 2 amide bonds. The molecule has 0 saturated carbocycles. The second kappa shape index (κ2) is 10.7. The zero-order valence-corrected chi connectivity index (χ0v) is 19.9. The molecule has 0 aliphatic carbocycles. The third kappa shape index (κ3) is 5.96. The van der Waals surface area contributed by atoms with Gasteiger partial charge in [0.15, 0.2) is 0 Å². The van der Waals surface area contributed by atoms with Crippen molar-refractivity contribution >= 4 is 23.6 Å². The predicted octanol–water partition coefficient (Wildman–Crippen LogP) is 4.18. The number of carbonyl (C=O) groups excluding carboxylic acids is 1. The third-order valence-corrected chi connectivity index (χ3v) is 5.84. The van der Waals surface area contributed by atoms with Crippen molar-refractivity contribution in [2.45, 2.75) is 39.3 Å². The number of hydrogen-bond acceptors (Lipinski definition) is 6. The van der Waals surface area contributed by atoms with Crippen LogP contribution in [0, 0.1) is 11.7 Å². The van der Waals surface area contributed by atoms with Crippen molar-refractivity contribution < 1.29 is 9.18 Å². The number of nitrogens with zero attached hydrogens (tertiary/aromatic N) is 5. The number of hydrogen-bond donors (Lipinski definition) is 2. The number of aromatic nitrogens is 4. The van der Waals surface area contributed by atoms with Gasteiger partial charge in [-0.2, -0.15) is 0 Å². The van der Waals surface area contributed by atoms with Crippen LogP contribution in [0.2, 0.25) is 5.02 Å². The van der Waals surface area contributed by atoms with E-state index in [1.165, 1.54) is 12.1 Å². The van der Waals surface area contributed by atoms with Gasteiger partial charge in [-0.1, -0.05) is 31.5 Å². The fourth-order valence-electron chi connectivity index (χ4n) is 3.79. The SMILES string of the molecule is CC(C)Cc1ncc2c(n1)CN(C(=O)N[C@H](CNc1ncccn1)c1ccc(F)c(Cl)c1)CC2. The molecule has 4 rings (SSSR count). The number of benzene rings is 1. The highest BCUT2D eigenvalue weighted by Gasteiger charge is 2.25. The Morgan fingerprint density at radius 3 is 2.76 bits per heavy atom. The second-order valence-electron chi connectivity index (χ2n) is 8.66. The van der Waals surface area contributed by atoms with E-state index < -0.39 is 11.9 Å². The van der Waals surface area contributed by atoms with E-state index in [1.54, 1.807) is 29.4 Å². The van der Waals surface area contributed by atoms with E-state index in [2.05, 4.69) is 39.4 Å². The molecular formula is C24H27ClFN7O. The molecule has 178 valence electrons. The fourth-order valence-corrected chi connectivity index (χ4v) is 3.98. The lowest BCUT2D eigenvalue weighted by Gasteiger charge is -2.30. The average molecular weight is 484 g/mol. The monoisotopic (exact) mass is 483 g/mol. The van der Waals surface area contributed by atoms with Gasteiger partial charge >= 0.3 is 6.03 Å². The van der Waals surface area contributed by atoms with E-state index in [1.807, 2.05) is 6.20 Å². The molecule has 0 saturated heterocycles. The van der Waals surface area contributed by atoms with E-state index in [9.17, 15) is 9.18 Å². The molecule has 0 spiro atoms. The molecule has 2 aromatic heterocycles. The molecule has 3 aromatic rings. The first-order valence-corrected chi connectivity index (χ1v) is 11.6. The van der Waals surface area contributed by atoms with Gasteiger partial charge < -0.3 is 15.5 Å². The Kier molecular flexibility index (Phi) is 7.52. The molecule has 0 bridgehead atoms. The topological polar surface area (TPSA) is 95.9 Å². The summed E-state index contributed by atoms with van der Waals surface area (Å²) in [6, 6.07) is 5.41. The largest absolute Gasteiger partial charge is 0.352 e. The van der Waals surface area contributed by atoms with Gasteiger partial charge in [0.1, 0.15) is 11.6 Å². The Labute approximate surface area is 203 Å². The van der Waals surface area contributed by atoms with E-state index >= 15 is 0 Å². The standard InChI is InChI=1S/C24H27ClFN7O/c1-15(2)10-22-29-12-17-6-9-33(14-21(17)31-22)24(34)32-20(13-30-23-27-7-3-8-28-23)16-4-5-19(26)18(25)11-16/h3-5,7-8,11-12,15,20H,6,9-10,13-14H2,1-2H3,(H,32,34)(H,27,28,30)/t20-/m1/s1. The first-order valence-electron chi connectivity index (χ1n) is 11.2. The molecule has 2 N–H and O–H groups in total. The molecule has 1 atom stereocenters. The third-order valence-electron chi connectivity index (χ3n) is 5.55. The zero-order valence-electron chi connectivity index (χ0n) is 19.1. The first-order chi connectivity index (χ1) is 16.4. The van der Waals surface area contributed by atoms with Crippen LogP contribution in [0.1, 0.15) is 42.5 Å². The minimum absolute atomic E-state index is 0.00556. The Bertz CT molecular complexity index is 1150.